The lowest BCUT2D eigenvalue weighted by Gasteiger charge is -2.17. The second-order valence-electron chi connectivity index (χ2n) is 12.5. The number of nitrogens with zero attached hydrogens (tertiary/aromatic N) is 4. The smallest absolute Gasteiger partial charge is 0.355 e. The van der Waals surface area contributed by atoms with Crippen molar-refractivity contribution in [3.8, 4) is 0 Å². The minimum Gasteiger partial charge on any atom is -0.355 e. The van der Waals surface area contributed by atoms with Crippen molar-refractivity contribution < 1.29 is 36.8 Å². The van der Waals surface area contributed by atoms with Gasteiger partial charge in [-0.15, -0.1) is 0 Å². The van der Waals surface area contributed by atoms with Gasteiger partial charge in [0.15, 0.2) is 5.78 Å². The molecule has 0 bridgehead atoms. The number of carbonyl (C=O) groups excluding carboxylic acids is 2. The Bertz CT molecular complexity index is 2340. The summed E-state index contributed by atoms with van der Waals surface area (Å²) in [6.07, 6.45) is 3.99. The first-order chi connectivity index (χ1) is 27.0. The number of hydrogen-bond donors (Lipinski definition) is 1. The number of carbonyl (C=O) groups is 2. The van der Waals surface area contributed by atoms with Gasteiger partial charge in [0.05, 0.1) is 71.8 Å². The van der Waals surface area contributed by atoms with Crippen molar-refractivity contribution in [3.05, 3.63) is 120 Å². The molecule has 15 heteroatoms. The fourth-order valence-corrected chi connectivity index (χ4v) is 9.18. The molecule has 13 nitrogen and oxygen atoms in total. The molecule has 1 N–H and O–H groups in total. The van der Waals surface area contributed by atoms with Crippen LogP contribution >= 0.6 is 15.2 Å². The standard InChI is InChI=1S/C21H25N2O4P.C20H24N3O4P/c1-4-21(24)17-9-12-19-20(13-17)23(15-22-19)14-16-7-10-18(11-8-16)28(25,26-5-2)27-6-3;1-4-26-28(25,27-5-2)17-9-6-15(7-10-17)13-23-14-22-18-12-16(20(24)21-3)8-11-19(18)23/h7-13,15H,4-6,14H2,1-3H3;6-12,14H,4-5,13H2,1-3H3,(H,21,24). The van der Waals surface area contributed by atoms with Crippen LogP contribution in [0.1, 0.15) is 72.9 Å². The van der Waals surface area contributed by atoms with Crippen molar-refractivity contribution in [2.45, 2.75) is 54.1 Å². The summed E-state index contributed by atoms with van der Waals surface area (Å²) in [6.45, 7) is 11.5. The van der Waals surface area contributed by atoms with E-state index < -0.39 is 15.2 Å². The van der Waals surface area contributed by atoms with Crippen LogP contribution in [0.2, 0.25) is 0 Å². The quantitative estimate of drug-likeness (QED) is 0.0712. The highest BCUT2D eigenvalue weighted by Crippen LogP contribution is 2.47. The van der Waals surface area contributed by atoms with Crippen LogP contribution in [-0.4, -0.2) is 64.3 Å². The van der Waals surface area contributed by atoms with Crippen LogP contribution in [0.5, 0.6) is 0 Å². The number of nitrogens with one attached hydrogen (secondary N) is 1. The fourth-order valence-electron chi connectivity index (χ4n) is 6.05. The van der Waals surface area contributed by atoms with Crippen molar-refractivity contribution in [1.82, 2.24) is 24.4 Å². The minimum atomic E-state index is -3.28. The molecule has 0 radical (unpaired) electrons. The predicted molar refractivity (Wildman–Crippen MR) is 220 cm³/mol. The number of hydrogen-bond acceptors (Lipinski definition) is 10. The summed E-state index contributed by atoms with van der Waals surface area (Å²) in [5, 5.41) is 3.71. The minimum absolute atomic E-state index is 0.113. The molecule has 0 atom stereocenters. The van der Waals surface area contributed by atoms with Crippen LogP contribution < -0.4 is 15.9 Å². The Morgan fingerprint density at radius 3 is 1.52 bits per heavy atom. The average molecular weight is 802 g/mol. The van der Waals surface area contributed by atoms with Gasteiger partial charge in [0.25, 0.3) is 5.91 Å². The zero-order valence-corrected chi connectivity index (χ0v) is 34.4. The fraction of sp³-hybridized carbons (Fsp3) is 0.317. The molecule has 56 heavy (non-hydrogen) atoms. The molecule has 0 aliphatic carbocycles. The van der Waals surface area contributed by atoms with E-state index in [9.17, 15) is 18.7 Å². The van der Waals surface area contributed by atoms with E-state index in [-0.39, 0.29) is 11.7 Å². The van der Waals surface area contributed by atoms with Crippen LogP contribution in [0.4, 0.5) is 0 Å². The van der Waals surface area contributed by atoms with E-state index in [0.717, 1.165) is 33.2 Å². The topological polar surface area (TPSA) is 153 Å². The number of rotatable bonds is 17. The molecule has 6 aromatic rings. The Morgan fingerprint density at radius 2 is 1.05 bits per heavy atom. The van der Waals surface area contributed by atoms with Crippen LogP contribution in [-0.2, 0) is 40.3 Å². The summed E-state index contributed by atoms with van der Waals surface area (Å²) in [6, 6.07) is 25.8. The summed E-state index contributed by atoms with van der Waals surface area (Å²) in [5.41, 5.74) is 6.78. The Morgan fingerprint density at radius 1 is 0.589 bits per heavy atom. The molecular weight excluding hydrogens is 752 g/mol. The molecule has 0 fully saturated rings. The van der Waals surface area contributed by atoms with Crippen molar-refractivity contribution in [2.75, 3.05) is 33.5 Å². The number of imidazole rings is 2. The van der Waals surface area contributed by atoms with Crippen molar-refractivity contribution >= 4 is 59.6 Å². The number of benzene rings is 4. The Labute approximate surface area is 327 Å². The first-order valence-electron chi connectivity index (χ1n) is 18.6. The molecule has 4 aromatic carbocycles. The second kappa shape index (κ2) is 19.4. The van der Waals surface area contributed by atoms with E-state index in [4.69, 9.17) is 18.1 Å². The molecule has 296 valence electrons. The van der Waals surface area contributed by atoms with E-state index in [1.807, 2.05) is 64.6 Å². The van der Waals surface area contributed by atoms with Crippen molar-refractivity contribution in [2.24, 2.45) is 0 Å². The van der Waals surface area contributed by atoms with E-state index in [1.54, 1.807) is 83.8 Å². The van der Waals surface area contributed by atoms with Gasteiger partial charge in [-0.1, -0.05) is 31.2 Å². The van der Waals surface area contributed by atoms with E-state index in [0.29, 0.717) is 67.7 Å². The number of aromatic nitrogens is 4. The monoisotopic (exact) mass is 801 g/mol. The lowest BCUT2D eigenvalue weighted by molar-refractivity contribution is 0.0961. The van der Waals surface area contributed by atoms with Crippen LogP contribution in [0.15, 0.2) is 97.6 Å². The third-order valence-corrected chi connectivity index (χ3v) is 13.0. The summed E-state index contributed by atoms with van der Waals surface area (Å²) < 4.78 is 51.3. The average Bonchev–Trinajstić information content (AvgIpc) is 3.81. The van der Waals surface area contributed by atoms with Gasteiger partial charge in [-0.2, -0.15) is 0 Å². The zero-order valence-electron chi connectivity index (χ0n) is 32.6. The molecular formula is C41H49N5O8P2. The zero-order chi connectivity index (χ0) is 40.3. The van der Waals surface area contributed by atoms with Gasteiger partial charge in [-0.3, -0.25) is 18.7 Å². The number of ketones is 1. The van der Waals surface area contributed by atoms with Gasteiger partial charge in [-0.05, 0) is 99.5 Å². The molecule has 0 aliphatic heterocycles. The highest BCUT2D eigenvalue weighted by molar-refractivity contribution is 7.62. The lowest BCUT2D eigenvalue weighted by Crippen LogP contribution is -2.17. The van der Waals surface area contributed by atoms with Gasteiger partial charge >= 0.3 is 15.2 Å². The first kappa shape index (κ1) is 42.4. The number of fused-ring (bicyclic) bond motifs is 2. The van der Waals surface area contributed by atoms with E-state index in [1.165, 1.54) is 0 Å². The molecule has 0 saturated heterocycles. The van der Waals surface area contributed by atoms with E-state index >= 15 is 0 Å². The molecule has 6 rings (SSSR count). The Balaban J connectivity index is 0.000000214. The van der Waals surface area contributed by atoms with Gasteiger partial charge in [0.1, 0.15) is 0 Å². The van der Waals surface area contributed by atoms with Crippen LogP contribution in [0, 0.1) is 0 Å². The molecule has 2 heterocycles. The summed E-state index contributed by atoms with van der Waals surface area (Å²) >= 11 is 0. The maximum absolute atomic E-state index is 12.9. The maximum Gasteiger partial charge on any atom is 0.361 e. The lowest BCUT2D eigenvalue weighted by atomic mass is 10.1. The molecule has 0 aliphatic rings. The summed E-state index contributed by atoms with van der Waals surface area (Å²) in [4.78, 5) is 32.6. The SMILES string of the molecule is CCOP(=O)(OCC)c1ccc(Cn2cnc3cc(C(=O)NC)ccc32)cc1.CCOP(=O)(OCC)c1ccc(Cn2cnc3ccc(C(=O)CC)cc32)cc1. The van der Waals surface area contributed by atoms with E-state index in [2.05, 4.69) is 15.3 Å². The molecule has 0 spiro atoms. The highest BCUT2D eigenvalue weighted by Gasteiger charge is 2.27. The first-order valence-corrected chi connectivity index (χ1v) is 21.7. The highest BCUT2D eigenvalue weighted by atomic mass is 31.2. The third kappa shape index (κ3) is 9.97. The summed E-state index contributed by atoms with van der Waals surface area (Å²) in [5.74, 6) is -0.0262. The largest absolute Gasteiger partial charge is 0.361 e. The van der Waals surface area contributed by atoms with Gasteiger partial charge in [0, 0.05) is 37.7 Å². The van der Waals surface area contributed by atoms with Gasteiger partial charge < -0.3 is 32.5 Å². The Kier molecular flexibility index (Phi) is 14.7. The predicted octanol–water partition coefficient (Wildman–Crippen LogP) is 7.90. The number of Topliss-reactive ketones (excluding diaryl/α,β-unsaturated/α-hetero) is 1. The van der Waals surface area contributed by atoms with Crippen molar-refractivity contribution in [3.63, 3.8) is 0 Å². The maximum atomic E-state index is 12.9. The normalized spacial score (nSPS) is 11.8. The van der Waals surface area contributed by atoms with Crippen LogP contribution in [0.3, 0.4) is 0 Å². The molecule has 2 aromatic heterocycles. The molecule has 0 unspecified atom stereocenters. The van der Waals surface area contributed by atoms with Gasteiger partial charge in [-0.25, -0.2) is 9.97 Å². The molecule has 0 saturated carbocycles. The number of amides is 1. The van der Waals surface area contributed by atoms with Crippen molar-refractivity contribution in [1.29, 1.82) is 0 Å². The van der Waals surface area contributed by atoms with Gasteiger partial charge in [0.2, 0.25) is 0 Å². The second-order valence-corrected chi connectivity index (χ2v) is 16.6. The van der Waals surface area contributed by atoms with Crippen LogP contribution in [0.25, 0.3) is 22.1 Å². The molecule has 1 amide bonds. The Hall–Kier alpha value is -4.74. The summed E-state index contributed by atoms with van der Waals surface area (Å²) in [7, 11) is -4.95. The third-order valence-electron chi connectivity index (χ3n) is 8.78.